The normalized spacial score (nSPS) is 12.9. The highest BCUT2D eigenvalue weighted by Gasteiger charge is 2.35. The van der Waals surface area contributed by atoms with Gasteiger partial charge in [0.25, 0.3) is 11.8 Å². The summed E-state index contributed by atoms with van der Waals surface area (Å²) in [4.78, 5) is 37.5. The van der Waals surface area contributed by atoms with Crippen LogP contribution in [0.4, 0.5) is 0 Å². The maximum Gasteiger partial charge on any atom is 0.344 e. The monoisotopic (exact) mass is 495 g/mol. The minimum atomic E-state index is -0.513. The lowest BCUT2D eigenvalue weighted by Crippen LogP contribution is -2.31. The van der Waals surface area contributed by atoms with Crippen molar-refractivity contribution >= 4 is 49.6 Å². The first-order valence-electron chi connectivity index (χ1n) is 8.15. The first-order valence-corrected chi connectivity index (χ1v) is 9.74. The highest BCUT2D eigenvalue weighted by atomic mass is 79.9. The number of imide groups is 1. The van der Waals surface area contributed by atoms with E-state index in [-0.39, 0.29) is 31.6 Å². The fourth-order valence-electron chi connectivity index (χ4n) is 2.62. The van der Waals surface area contributed by atoms with Crippen LogP contribution in [-0.4, -0.2) is 42.4 Å². The van der Waals surface area contributed by atoms with Crippen LogP contribution in [0.5, 0.6) is 5.75 Å². The molecule has 0 atom stereocenters. The Balaban J connectivity index is 1.42. The first-order chi connectivity index (χ1) is 13.0. The second-order valence-corrected chi connectivity index (χ2v) is 7.60. The number of hydrogen-bond acceptors (Lipinski definition) is 5. The van der Waals surface area contributed by atoms with Gasteiger partial charge >= 0.3 is 5.97 Å². The standard InChI is InChI=1S/C19H15Br2NO5/c20-12-3-1-4-14(9-12)27-11-17(23)26-8-2-7-22-18(24)15-6-5-13(21)10-16(15)19(22)25/h1,3-6,9-10H,2,7-8,11H2. The van der Waals surface area contributed by atoms with Crippen LogP contribution < -0.4 is 4.74 Å². The molecule has 2 aromatic rings. The molecule has 0 saturated heterocycles. The predicted molar refractivity (Wildman–Crippen MR) is 105 cm³/mol. The third kappa shape index (κ3) is 4.75. The van der Waals surface area contributed by atoms with Crippen molar-refractivity contribution < 1.29 is 23.9 Å². The molecular formula is C19H15Br2NO5. The maximum absolute atomic E-state index is 12.3. The smallest absolute Gasteiger partial charge is 0.344 e. The lowest BCUT2D eigenvalue weighted by molar-refractivity contribution is -0.146. The van der Waals surface area contributed by atoms with Crippen LogP contribution >= 0.6 is 31.9 Å². The van der Waals surface area contributed by atoms with Gasteiger partial charge in [-0.05, 0) is 42.8 Å². The van der Waals surface area contributed by atoms with Crippen molar-refractivity contribution in [2.24, 2.45) is 0 Å². The van der Waals surface area contributed by atoms with Gasteiger partial charge in [0.2, 0.25) is 0 Å². The van der Waals surface area contributed by atoms with E-state index >= 15 is 0 Å². The number of carbonyl (C=O) groups is 3. The molecule has 1 aliphatic heterocycles. The van der Waals surface area contributed by atoms with Gasteiger partial charge in [0, 0.05) is 15.5 Å². The number of esters is 1. The summed E-state index contributed by atoms with van der Waals surface area (Å²) in [6.07, 6.45) is 0.356. The second kappa shape index (κ2) is 8.67. The van der Waals surface area contributed by atoms with E-state index in [1.165, 1.54) is 4.90 Å². The van der Waals surface area contributed by atoms with Gasteiger partial charge in [-0.15, -0.1) is 0 Å². The average molecular weight is 497 g/mol. The highest BCUT2D eigenvalue weighted by molar-refractivity contribution is 9.10. The Bertz CT molecular complexity index is 899. The third-order valence-corrected chi connectivity index (χ3v) is 4.86. The highest BCUT2D eigenvalue weighted by Crippen LogP contribution is 2.26. The number of benzene rings is 2. The molecule has 6 nitrogen and oxygen atoms in total. The van der Waals surface area contributed by atoms with E-state index in [9.17, 15) is 14.4 Å². The molecule has 2 aromatic carbocycles. The molecule has 0 N–H and O–H groups in total. The van der Waals surface area contributed by atoms with E-state index < -0.39 is 5.97 Å². The molecule has 3 rings (SSSR count). The van der Waals surface area contributed by atoms with E-state index in [0.29, 0.717) is 23.3 Å². The molecular weight excluding hydrogens is 482 g/mol. The third-order valence-electron chi connectivity index (χ3n) is 3.87. The van der Waals surface area contributed by atoms with Crippen molar-refractivity contribution in [2.75, 3.05) is 19.8 Å². The SMILES string of the molecule is O=C(COc1cccc(Br)c1)OCCCN1C(=O)c2ccc(Br)cc2C1=O. The molecule has 2 amide bonds. The summed E-state index contributed by atoms with van der Waals surface area (Å²) in [6.45, 7) is 0.0685. The van der Waals surface area contributed by atoms with Gasteiger partial charge in [0.15, 0.2) is 6.61 Å². The van der Waals surface area contributed by atoms with Gasteiger partial charge in [-0.3, -0.25) is 14.5 Å². The molecule has 0 aliphatic carbocycles. The number of fused-ring (bicyclic) bond motifs is 1. The van der Waals surface area contributed by atoms with Gasteiger partial charge < -0.3 is 9.47 Å². The number of hydrogen-bond donors (Lipinski definition) is 0. The second-order valence-electron chi connectivity index (χ2n) is 5.77. The zero-order valence-electron chi connectivity index (χ0n) is 14.1. The number of nitrogens with zero attached hydrogens (tertiary/aromatic N) is 1. The molecule has 0 fully saturated rings. The molecule has 27 heavy (non-hydrogen) atoms. The number of halogens is 2. The van der Waals surface area contributed by atoms with Crippen molar-refractivity contribution in [3.05, 3.63) is 62.5 Å². The zero-order chi connectivity index (χ0) is 19.4. The fourth-order valence-corrected chi connectivity index (χ4v) is 3.35. The van der Waals surface area contributed by atoms with Crippen LogP contribution in [0.25, 0.3) is 0 Å². The van der Waals surface area contributed by atoms with Gasteiger partial charge in [-0.25, -0.2) is 4.79 Å². The van der Waals surface area contributed by atoms with Gasteiger partial charge in [0.1, 0.15) is 5.75 Å². The van der Waals surface area contributed by atoms with E-state index in [2.05, 4.69) is 31.9 Å². The molecule has 0 bridgehead atoms. The molecule has 1 heterocycles. The van der Waals surface area contributed by atoms with Crippen molar-refractivity contribution in [2.45, 2.75) is 6.42 Å². The first kappa shape index (κ1) is 19.6. The van der Waals surface area contributed by atoms with Crippen LogP contribution in [0.2, 0.25) is 0 Å². The summed E-state index contributed by atoms with van der Waals surface area (Å²) in [6, 6.07) is 12.1. The van der Waals surface area contributed by atoms with E-state index in [0.717, 1.165) is 8.95 Å². The Morgan fingerprint density at radius 3 is 2.48 bits per heavy atom. The topological polar surface area (TPSA) is 72.9 Å². The summed E-state index contributed by atoms with van der Waals surface area (Å²) in [7, 11) is 0. The summed E-state index contributed by atoms with van der Waals surface area (Å²) in [5.41, 5.74) is 0.774. The Labute approximate surface area is 172 Å². The largest absolute Gasteiger partial charge is 0.482 e. The van der Waals surface area contributed by atoms with E-state index in [1.54, 1.807) is 36.4 Å². The van der Waals surface area contributed by atoms with Gasteiger partial charge in [-0.1, -0.05) is 37.9 Å². The molecule has 0 radical (unpaired) electrons. The van der Waals surface area contributed by atoms with Gasteiger partial charge in [-0.2, -0.15) is 0 Å². The Hall–Kier alpha value is -2.19. The van der Waals surface area contributed by atoms with Crippen LogP contribution in [0.1, 0.15) is 27.1 Å². The van der Waals surface area contributed by atoms with Crippen molar-refractivity contribution in [3.63, 3.8) is 0 Å². The minimum Gasteiger partial charge on any atom is -0.482 e. The summed E-state index contributed by atoms with van der Waals surface area (Å²) >= 11 is 6.61. The lowest BCUT2D eigenvalue weighted by Gasteiger charge is -2.13. The quantitative estimate of drug-likeness (QED) is 0.331. The Morgan fingerprint density at radius 2 is 1.70 bits per heavy atom. The van der Waals surface area contributed by atoms with Crippen molar-refractivity contribution in [1.82, 2.24) is 4.90 Å². The number of amides is 2. The molecule has 0 unspecified atom stereocenters. The molecule has 0 spiro atoms. The van der Waals surface area contributed by atoms with Crippen molar-refractivity contribution in [3.8, 4) is 5.75 Å². The molecule has 1 aliphatic rings. The molecule has 0 saturated carbocycles. The summed E-state index contributed by atoms with van der Waals surface area (Å²) < 4.78 is 12.0. The van der Waals surface area contributed by atoms with Crippen LogP contribution in [0, 0.1) is 0 Å². The molecule has 8 heteroatoms. The summed E-state index contributed by atoms with van der Waals surface area (Å²) in [5, 5.41) is 0. The fraction of sp³-hybridized carbons (Fsp3) is 0.211. The average Bonchev–Trinajstić information content (AvgIpc) is 2.87. The minimum absolute atomic E-state index is 0.0950. The van der Waals surface area contributed by atoms with Crippen LogP contribution in [-0.2, 0) is 9.53 Å². The number of ether oxygens (including phenoxy) is 2. The number of carbonyl (C=O) groups excluding carboxylic acids is 3. The van der Waals surface area contributed by atoms with E-state index in [1.807, 2.05) is 6.07 Å². The Morgan fingerprint density at radius 1 is 0.963 bits per heavy atom. The predicted octanol–water partition coefficient (Wildman–Crippen LogP) is 3.82. The maximum atomic E-state index is 12.3. The summed E-state index contributed by atoms with van der Waals surface area (Å²) in [5.74, 6) is -0.618. The zero-order valence-corrected chi connectivity index (χ0v) is 17.3. The number of rotatable bonds is 7. The van der Waals surface area contributed by atoms with Gasteiger partial charge in [0.05, 0.1) is 17.7 Å². The Kier molecular flexibility index (Phi) is 6.28. The van der Waals surface area contributed by atoms with E-state index in [4.69, 9.17) is 9.47 Å². The van der Waals surface area contributed by atoms with Crippen LogP contribution in [0.3, 0.4) is 0 Å². The lowest BCUT2D eigenvalue weighted by atomic mass is 10.1. The van der Waals surface area contributed by atoms with Crippen LogP contribution in [0.15, 0.2) is 51.4 Å². The van der Waals surface area contributed by atoms with Crippen molar-refractivity contribution in [1.29, 1.82) is 0 Å². The molecule has 0 aromatic heterocycles. The molecule has 140 valence electrons.